The van der Waals surface area contributed by atoms with Crippen LogP contribution in [0.15, 0.2) is 60.7 Å². The molecule has 10 atom stereocenters. The molecule has 4 saturated carbocycles. The summed E-state index contributed by atoms with van der Waals surface area (Å²) in [6.07, 6.45) is 12.3. The largest absolute Gasteiger partial charge is 0.497 e. The summed E-state index contributed by atoms with van der Waals surface area (Å²) in [5.74, 6) is 18.8. The number of hydrogen-bond acceptors (Lipinski definition) is 4. The Morgan fingerprint density at radius 2 is 0.981 bits per heavy atom. The second-order valence-electron chi connectivity index (χ2n) is 17.7. The van der Waals surface area contributed by atoms with Crippen molar-refractivity contribution in [3.8, 4) is 35.2 Å². The van der Waals surface area contributed by atoms with E-state index < -0.39 is 11.2 Å². The first-order valence-corrected chi connectivity index (χ1v) is 20.0. The van der Waals surface area contributed by atoms with Gasteiger partial charge in [-0.2, -0.15) is 0 Å². The van der Waals surface area contributed by atoms with Crippen LogP contribution in [0.5, 0.6) is 11.5 Å². The molecular formula is C48H54O4. The highest BCUT2D eigenvalue weighted by Crippen LogP contribution is 2.65. The molecule has 52 heavy (non-hydrogen) atoms. The molecule has 6 aliphatic carbocycles. The molecule has 0 heterocycles. The summed E-state index contributed by atoms with van der Waals surface area (Å²) in [6.45, 7) is 4.63. The Bertz CT molecular complexity index is 1860. The molecule has 10 unspecified atom stereocenters. The fraction of sp³-hybridized carbons (Fsp3) is 0.542. The lowest BCUT2D eigenvalue weighted by Crippen LogP contribution is -2.50. The summed E-state index contributed by atoms with van der Waals surface area (Å²) in [5.41, 5.74) is 5.34. The second-order valence-corrected chi connectivity index (χ2v) is 17.7. The van der Waals surface area contributed by atoms with Gasteiger partial charge in [-0.3, -0.25) is 0 Å². The van der Waals surface area contributed by atoms with Gasteiger partial charge < -0.3 is 19.7 Å². The topological polar surface area (TPSA) is 58.9 Å². The normalized spacial score (nSPS) is 38.0. The van der Waals surface area contributed by atoms with E-state index in [0.717, 1.165) is 86.8 Å². The zero-order chi connectivity index (χ0) is 35.9. The lowest BCUT2D eigenvalue weighted by Gasteiger charge is -2.52. The molecule has 0 bridgehead atoms. The third kappa shape index (κ3) is 5.11. The number of methoxy groups -OCH3 is 2. The van der Waals surface area contributed by atoms with Crippen LogP contribution in [0.2, 0.25) is 0 Å². The molecular weight excluding hydrogens is 641 g/mol. The lowest BCUT2D eigenvalue weighted by molar-refractivity contribution is -0.0648. The summed E-state index contributed by atoms with van der Waals surface area (Å²) < 4.78 is 11.0. The van der Waals surface area contributed by atoms with Crippen molar-refractivity contribution in [1.82, 2.24) is 0 Å². The molecule has 0 radical (unpaired) electrons. The van der Waals surface area contributed by atoms with Gasteiger partial charge in [0, 0.05) is 22.0 Å². The standard InChI is InChI=1S/C48H54O4/c1-45-23-19-39-37-15-11-35(51-3)29-33(37)9-13-41(39)43(45)21-27-47(45,49)25-17-31-5-7-32(8-6-31)18-26-48(50)28-22-44-42-14-10-34-30-36(52-4)12-16-38(34)40(42)20-24-46(44,48)2/h5-8,11-12,15-16,29-30,39-44,49-50H,9-10,13-14,19-24,27-28H2,1-4H3. The Morgan fingerprint density at radius 1 is 0.558 bits per heavy atom. The van der Waals surface area contributed by atoms with Crippen molar-refractivity contribution in [3.63, 3.8) is 0 Å². The van der Waals surface area contributed by atoms with Crippen molar-refractivity contribution in [2.45, 2.75) is 114 Å². The first-order chi connectivity index (χ1) is 25.1. The zero-order valence-corrected chi connectivity index (χ0v) is 31.4. The highest BCUT2D eigenvalue weighted by Gasteiger charge is 2.62. The highest BCUT2D eigenvalue weighted by molar-refractivity contribution is 5.47. The second kappa shape index (κ2) is 12.4. The third-order valence-corrected chi connectivity index (χ3v) is 15.9. The number of hydrogen-bond donors (Lipinski definition) is 2. The molecule has 4 fully saturated rings. The van der Waals surface area contributed by atoms with Crippen LogP contribution in [-0.4, -0.2) is 35.6 Å². The Kier molecular flexibility index (Phi) is 8.15. The molecule has 9 rings (SSSR count). The van der Waals surface area contributed by atoms with E-state index in [1.54, 1.807) is 14.2 Å². The van der Waals surface area contributed by atoms with Crippen molar-refractivity contribution in [2.75, 3.05) is 14.2 Å². The molecule has 0 aromatic heterocycles. The molecule has 0 amide bonds. The summed E-state index contributed by atoms with van der Waals surface area (Å²) in [5, 5.41) is 24.3. The number of aryl methyl sites for hydroxylation is 2. The maximum atomic E-state index is 12.2. The Balaban J connectivity index is 0.887. The summed E-state index contributed by atoms with van der Waals surface area (Å²) in [6, 6.07) is 21.4. The SMILES string of the molecule is COc1ccc2c(c1)CCC1C2CCC2(C)C1CCC2(O)C#Cc1ccc(C#CC2(O)CCC3C4CCc5cc(OC)ccc5C4CCC32C)cc1. The van der Waals surface area contributed by atoms with E-state index in [-0.39, 0.29) is 10.8 Å². The van der Waals surface area contributed by atoms with E-state index in [1.807, 2.05) is 24.3 Å². The van der Waals surface area contributed by atoms with E-state index in [1.165, 1.54) is 35.1 Å². The van der Waals surface area contributed by atoms with E-state index in [0.29, 0.717) is 35.5 Å². The van der Waals surface area contributed by atoms with Gasteiger partial charge in [0.2, 0.25) is 0 Å². The van der Waals surface area contributed by atoms with E-state index in [4.69, 9.17) is 9.47 Å². The minimum absolute atomic E-state index is 0.199. The summed E-state index contributed by atoms with van der Waals surface area (Å²) >= 11 is 0. The molecule has 4 heteroatoms. The van der Waals surface area contributed by atoms with Gasteiger partial charge >= 0.3 is 0 Å². The molecule has 3 aromatic carbocycles. The van der Waals surface area contributed by atoms with Crippen LogP contribution >= 0.6 is 0 Å². The first-order valence-electron chi connectivity index (χ1n) is 20.0. The Labute approximate surface area is 310 Å². The predicted octanol–water partition coefficient (Wildman–Crippen LogP) is 8.98. The fourth-order valence-electron chi connectivity index (χ4n) is 12.8. The average molecular weight is 695 g/mol. The van der Waals surface area contributed by atoms with Gasteiger partial charge in [0.05, 0.1) is 14.2 Å². The first kappa shape index (κ1) is 34.1. The minimum Gasteiger partial charge on any atom is -0.497 e. The van der Waals surface area contributed by atoms with Gasteiger partial charge in [-0.25, -0.2) is 0 Å². The van der Waals surface area contributed by atoms with Crippen LogP contribution in [0.3, 0.4) is 0 Å². The minimum atomic E-state index is -0.981. The zero-order valence-electron chi connectivity index (χ0n) is 31.4. The lowest BCUT2D eigenvalue weighted by atomic mass is 9.53. The van der Waals surface area contributed by atoms with E-state index in [9.17, 15) is 10.2 Å². The fourth-order valence-corrected chi connectivity index (χ4v) is 12.8. The van der Waals surface area contributed by atoms with Crippen LogP contribution < -0.4 is 9.47 Å². The summed E-state index contributed by atoms with van der Waals surface area (Å²) in [4.78, 5) is 0. The van der Waals surface area contributed by atoms with Gasteiger partial charge in [-0.05, 0) is 183 Å². The molecule has 0 spiro atoms. The van der Waals surface area contributed by atoms with Gasteiger partial charge in [0.1, 0.15) is 22.7 Å². The number of benzene rings is 3. The molecule has 270 valence electrons. The van der Waals surface area contributed by atoms with Gasteiger partial charge in [-0.15, -0.1) is 0 Å². The Morgan fingerprint density at radius 3 is 1.38 bits per heavy atom. The van der Waals surface area contributed by atoms with Crippen LogP contribution in [0.4, 0.5) is 0 Å². The van der Waals surface area contributed by atoms with E-state index in [2.05, 4.69) is 73.9 Å². The maximum Gasteiger partial charge on any atom is 0.131 e. The van der Waals surface area contributed by atoms with E-state index >= 15 is 0 Å². The number of ether oxygens (including phenoxy) is 2. The van der Waals surface area contributed by atoms with Crippen molar-refractivity contribution < 1.29 is 19.7 Å². The van der Waals surface area contributed by atoms with Crippen molar-refractivity contribution in [2.24, 2.45) is 34.5 Å². The van der Waals surface area contributed by atoms with Crippen molar-refractivity contribution in [1.29, 1.82) is 0 Å². The monoisotopic (exact) mass is 694 g/mol. The third-order valence-electron chi connectivity index (χ3n) is 15.9. The molecule has 2 N–H and O–H groups in total. The van der Waals surface area contributed by atoms with Gasteiger partial charge in [0.25, 0.3) is 0 Å². The smallest absolute Gasteiger partial charge is 0.131 e. The quantitative estimate of drug-likeness (QED) is 0.263. The number of aliphatic hydroxyl groups is 2. The van der Waals surface area contributed by atoms with Crippen LogP contribution in [-0.2, 0) is 12.8 Å². The number of rotatable bonds is 2. The van der Waals surface area contributed by atoms with Crippen LogP contribution in [0.25, 0.3) is 0 Å². The van der Waals surface area contributed by atoms with Crippen molar-refractivity contribution in [3.05, 3.63) is 94.0 Å². The predicted molar refractivity (Wildman–Crippen MR) is 205 cm³/mol. The summed E-state index contributed by atoms with van der Waals surface area (Å²) in [7, 11) is 3.49. The molecule has 4 nitrogen and oxygen atoms in total. The molecule has 0 saturated heterocycles. The molecule has 0 aliphatic heterocycles. The van der Waals surface area contributed by atoms with Crippen LogP contribution in [0, 0.1) is 58.2 Å². The Hall–Kier alpha value is -3.70. The van der Waals surface area contributed by atoms with Gasteiger partial charge in [-0.1, -0.05) is 49.7 Å². The highest BCUT2D eigenvalue weighted by atomic mass is 16.5. The van der Waals surface area contributed by atoms with Gasteiger partial charge in [0.15, 0.2) is 0 Å². The van der Waals surface area contributed by atoms with Crippen LogP contribution in [0.1, 0.15) is 123 Å². The number of fused-ring (bicyclic) bond motifs is 10. The average Bonchev–Trinajstić information content (AvgIpc) is 3.61. The molecule has 3 aromatic rings. The maximum absolute atomic E-state index is 12.2. The van der Waals surface area contributed by atoms with Crippen molar-refractivity contribution >= 4 is 0 Å². The molecule has 6 aliphatic rings.